The molecule has 94 valence electrons. The summed E-state index contributed by atoms with van der Waals surface area (Å²) < 4.78 is 5.33. The number of benzene rings is 1. The van der Waals surface area contributed by atoms with E-state index in [-0.39, 0.29) is 11.7 Å². The van der Waals surface area contributed by atoms with Crippen LogP contribution >= 0.6 is 0 Å². The number of aromatic amines is 1. The Labute approximate surface area is 104 Å². The van der Waals surface area contributed by atoms with E-state index in [0.717, 1.165) is 11.1 Å². The molecule has 0 bridgehead atoms. The molecule has 0 atom stereocenters. The highest BCUT2D eigenvalue weighted by molar-refractivity contribution is 5.93. The van der Waals surface area contributed by atoms with E-state index in [1.54, 1.807) is 0 Å². The topological polar surface area (TPSA) is 114 Å². The van der Waals surface area contributed by atoms with E-state index in [4.69, 9.17) is 21.6 Å². The molecule has 1 heterocycles. The lowest BCUT2D eigenvalue weighted by atomic mass is 10.1. The highest BCUT2D eigenvalue weighted by Crippen LogP contribution is 2.09. The molecule has 1 aromatic carbocycles. The summed E-state index contributed by atoms with van der Waals surface area (Å²) >= 11 is 0. The van der Waals surface area contributed by atoms with E-state index in [9.17, 15) is 0 Å². The van der Waals surface area contributed by atoms with Crippen molar-refractivity contribution in [1.29, 1.82) is 5.41 Å². The third kappa shape index (κ3) is 2.67. The van der Waals surface area contributed by atoms with Crippen LogP contribution in [0.4, 0.5) is 5.82 Å². The molecule has 0 spiro atoms. The molecule has 1 aromatic heterocycles. The van der Waals surface area contributed by atoms with Gasteiger partial charge in [0.2, 0.25) is 5.90 Å². The first-order chi connectivity index (χ1) is 8.70. The Morgan fingerprint density at radius 3 is 2.50 bits per heavy atom. The smallest absolute Gasteiger partial charge is 0.234 e. The SMILES string of the molecule is N=C(OCc1ccc(CN)cc1)c1[nH]cnc1N. The Kier molecular flexibility index (Phi) is 3.59. The maximum absolute atomic E-state index is 7.72. The quantitative estimate of drug-likeness (QED) is 0.475. The summed E-state index contributed by atoms with van der Waals surface area (Å²) in [6.07, 6.45) is 1.43. The fourth-order valence-corrected chi connectivity index (χ4v) is 1.49. The maximum atomic E-state index is 7.72. The zero-order valence-corrected chi connectivity index (χ0v) is 9.81. The van der Waals surface area contributed by atoms with Crippen LogP contribution in [-0.4, -0.2) is 15.9 Å². The standard InChI is InChI=1S/C12H15N5O/c13-5-8-1-3-9(4-2-8)6-18-12(15)10-11(14)17-7-16-10/h1-4,7,15H,5-6,13-14H2,(H,16,17). The molecule has 0 unspecified atom stereocenters. The summed E-state index contributed by atoms with van der Waals surface area (Å²) in [5.41, 5.74) is 13.5. The number of nitrogen functional groups attached to an aromatic ring is 1. The van der Waals surface area contributed by atoms with Crippen molar-refractivity contribution in [2.24, 2.45) is 5.73 Å². The number of imidazole rings is 1. The van der Waals surface area contributed by atoms with E-state index < -0.39 is 0 Å². The zero-order chi connectivity index (χ0) is 13.0. The summed E-state index contributed by atoms with van der Waals surface area (Å²) in [5, 5.41) is 7.72. The van der Waals surface area contributed by atoms with Crippen molar-refractivity contribution >= 4 is 11.7 Å². The van der Waals surface area contributed by atoms with E-state index >= 15 is 0 Å². The molecule has 6 N–H and O–H groups in total. The van der Waals surface area contributed by atoms with Gasteiger partial charge in [0.15, 0.2) is 5.82 Å². The molecule has 0 saturated carbocycles. The second-order valence-electron chi connectivity index (χ2n) is 3.80. The van der Waals surface area contributed by atoms with Crippen molar-refractivity contribution < 1.29 is 4.74 Å². The predicted octanol–water partition coefficient (Wildman–Crippen LogP) is 0.993. The summed E-state index contributed by atoms with van der Waals surface area (Å²) in [4.78, 5) is 6.56. The third-order valence-electron chi connectivity index (χ3n) is 2.54. The van der Waals surface area contributed by atoms with Gasteiger partial charge in [0.1, 0.15) is 12.3 Å². The molecule has 18 heavy (non-hydrogen) atoms. The number of anilines is 1. The summed E-state index contributed by atoms with van der Waals surface area (Å²) in [7, 11) is 0. The molecule has 0 aliphatic heterocycles. The highest BCUT2D eigenvalue weighted by Gasteiger charge is 2.09. The molecule has 2 rings (SSSR count). The van der Waals surface area contributed by atoms with Gasteiger partial charge < -0.3 is 21.2 Å². The van der Waals surface area contributed by atoms with E-state index in [2.05, 4.69) is 9.97 Å². The van der Waals surface area contributed by atoms with Crippen LogP contribution in [0.25, 0.3) is 0 Å². The fraction of sp³-hybridized carbons (Fsp3) is 0.167. The van der Waals surface area contributed by atoms with E-state index in [1.165, 1.54) is 6.33 Å². The number of H-pyrrole nitrogens is 1. The lowest BCUT2D eigenvalue weighted by molar-refractivity contribution is 0.290. The van der Waals surface area contributed by atoms with Gasteiger partial charge in [0.05, 0.1) is 6.33 Å². The molecular formula is C12H15N5O. The first-order valence-corrected chi connectivity index (χ1v) is 5.49. The Hall–Kier alpha value is -2.34. The molecule has 0 saturated heterocycles. The molecule has 6 heteroatoms. The van der Waals surface area contributed by atoms with Gasteiger partial charge in [0, 0.05) is 6.54 Å². The maximum Gasteiger partial charge on any atom is 0.234 e. The number of rotatable bonds is 4. The van der Waals surface area contributed by atoms with Crippen LogP contribution in [0.1, 0.15) is 16.8 Å². The van der Waals surface area contributed by atoms with Crippen molar-refractivity contribution in [1.82, 2.24) is 9.97 Å². The number of hydrogen-bond acceptors (Lipinski definition) is 5. The van der Waals surface area contributed by atoms with Gasteiger partial charge in [-0.3, -0.25) is 5.41 Å². The van der Waals surface area contributed by atoms with Crippen LogP contribution in [0.3, 0.4) is 0 Å². The Balaban J connectivity index is 1.95. The molecule has 2 aromatic rings. The average Bonchev–Trinajstić information content (AvgIpc) is 2.83. The van der Waals surface area contributed by atoms with Gasteiger partial charge in [-0.05, 0) is 11.1 Å². The minimum absolute atomic E-state index is 0.0205. The molecule has 0 aliphatic rings. The van der Waals surface area contributed by atoms with Gasteiger partial charge in [-0.2, -0.15) is 0 Å². The minimum atomic E-state index is -0.0205. The van der Waals surface area contributed by atoms with Crippen molar-refractivity contribution in [2.75, 3.05) is 5.73 Å². The monoisotopic (exact) mass is 245 g/mol. The lowest BCUT2D eigenvalue weighted by Gasteiger charge is -2.07. The predicted molar refractivity (Wildman–Crippen MR) is 69.0 cm³/mol. The summed E-state index contributed by atoms with van der Waals surface area (Å²) in [6, 6.07) is 7.72. The molecule has 0 radical (unpaired) electrons. The van der Waals surface area contributed by atoms with Crippen LogP contribution in [-0.2, 0) is 17.9 Å². The number of nitrogens with zero attached hydrogens (tertiary/aromatic N) is 1. The normalized spacial score (nSPS) is 10.3. The second kappa shape index (κ2) is 5.33. The number of nitrogens with one attached hydrogen (secondary N) is 2. The van der Waals surface area contributed by atoms with Gasteiger partial charge in [0.25, 0.3) is 0 Å². The Morgan fingerprint density at radius 2 is 1.94 bits per heavy atom. The first-order valence-electron chi connectivity index (χ1n) is 5.49. The van der Waals surface area contributed by atoms with Crippen LogP contribution in [0.2, 0.25) is 0 Å². The number of aromatic nitrogens is 2. The Morgan fingerprint density at radius 1 is 1.28 bits per heavy atom. The van der Waals surface area contributed by atoms with Crippen LogP contribution in [0.5, 0.6) is 0 Å². The Bertz CT molecular complexity index is 532. The zero-order valence-electron chi connectivity index (χ0n) is 9.81. The van der Waals surface area contributed by atoms with Crippen molar-refractivity contribution in [3.63, 3.8) is 0 Å². The van der Waals surface area contributed by atoms with Gasteiger partial charge in [-0.15, -0.1) is 0 Å². The van der Waals surface area contributed by atoms with E-state index in [0.29, 0.717) is 18.8 Å². The van der Waals surface area contributed by atoms with Gasteiger partial charge in [-0.25, -0.2) is 4.98 Å². The second-order valence-corrected chi connectivity index (χ2v) is 3.80. The first kappa shape index (κ1) is 12.1. The fourth-order valence-electron chi connectivity index (χ4n) is 1.49. The van der Waals surface area contributed by atoms with Crippen molar-refractivity contribution in [3.8, 4) is 0 Å². The summed E-state index contributed by atoms with van der Waals surface area (Å²) in [5.74, 6) is 0.242. The van der Waals surface area contributed by atoms with Crippen molar-refractivity contribution in [2.45, 2.75) is 13.2 Å². The molecule has 0 fully saturated rings. The third-order valence-corrected chi connectivity index (χ3v) is 2.54. The van der Waals surface area contributed by atoms with Gasteiger partial charge >= 0.3 is 0 Å². The van der Waals surface area contributed by atoms with Crippen LogP contribution in [0, 0.1) is 5.41 Å². The molecule has 6 nitrogen and oxygen atoms in total. The average molecular weight is 245 g/mol. The molecule has 0 aliphatic carbocycles. The van der Waals surface area contributed by atoms with Crippen molar-refractivity contribution in [3.05, 3.63) is 47.4 Å². The largest absolute Gasteiger partial charge is 0.472 e. The number of hydrogen-bond donors (Lipinski definition) is 4. The highest BCUT2D eigenvalue weighted by atomic mass is 16.5. The molecular weight excluding hydrogens is 230 g/mol. The summed E-state index contributed by atoms with van der Waals surface area (Å²) in [6.45, 7) is 0.823. The molecule has 0 amide bonds. The van der Waals surface area contributed by atoms with Gasteiger partial charge in [-0.1, -0.05) is 24.3 Å². The lowest BCUT2D eigenvalue weighted by Crippen LogP contribution is -2.08. The van der Waals surface area contributed by atoms with Crippen LogP contribution < -0.4 is 11.5 Å². The number of ether oxygens (including phenoxy) is 1. The minimum Gasteiger partial charge on any atom is -0.472 e. The number of nitrogens with two attached hydrogens (primary N) is 2. The van der Waals surface area contributed by atoms with E-state index in [1.807, 2.05) is 24.3 Å². The van der Waals surface area contributed by atoms with Crippen LogP contribution in [0.15, 0.2) is 30.6 Å².